The van der Waals surface area contributed by atoms with Gasteiger partial charge in [0.25, 0.3) is 0 Å². The quantitative estimate of drug-likeness (QED) is 0.228. The number of nitrogens with zero attached hydrogens (tertiary/aromatic N) is 1. The van der Waals surface area contributed by atoms with Gasteiger partial charge in [0.05, 0.1) is 0 Å². The van der Waals surface area contributed by atoms with E-state index in [4.69, 9.17) is 4.99 Å². The second-order valence-electron chi connectivity index (χ2n) is 14.8. The van der Waals surface area contributed by atoms with Gasteiger partial charge in [-0.3, -0.25) is 9.79 Å². The van der Waals surface area contributed by atoms with E-state index >= 15 is 0 Å². The smallest absolute Gasteiger partial charge is 0.136 e. The standard InChI is InChI=1S/C41H59NO/c1-30(2)36-21-5-4-19-34(36)20-11-24-38(35-26-27-35)41(43)25-10-16-32-14-8-17-33(18-9-15-32)29-40-39-23-7-6-22-37(39)31(3)13-12-28-42-40/h4-5,12,19,21,23,28,30,32-33,35,38H,6-11,13-18,20,22,24-27,29H2,1-3H3/b28-12+,37-31?,42-40?. The average Bonchev–Trinajstić information content (AvgIpc) is 3.83. The van der Waals surface area contributed by atoms with Gasteiger partial charge in [0, 0.05) is 24.3 Å². The number of allylic oxidation sites excluding steroid dienone is 5. The van der Waals surface area contributed by atoms with Crippen LogP contribution >= 0.6 is 0 Å². The minimum atomic E-state index is 0.328. The van der Waals surface area contributed by atoms with Gasteiger partial charge in [0.2, 0.25) is 0 Å². The molecule has 0 amide bonds. The Labute approximate surface area is 263 Å². The van der Waals surface area contributed by atoms with Crippen LogP contribution in [0.25, 0.3) is 0 Å². The molecule has 1 aromatic carbocycles. The van der Waals surface area contributed by atoms with Crippen molar-refractivity contribution in [2.45, 2.75) is 149 Å². The molecule has 5 rings (SSSR count). The molecule has 0 bridgehead atoms. The third kappa shape index (κ3) is 9.39. The zero-order chi connectivity index (χ0) is 30.0. The van der Waals surface area contributed by atoms with E-state index in [1.807, 2.05) is 0 Å². The van der Waals surface area contributed by atoms with E-state index in [2.05, 4.69) is 63.4 Å². The summed E-state index contributed by atoms with van der Waals surface area (Å²) in [6.45, 7) is 6.90. The molecule has 0 aromatic heterocycles. The van der Waals surface area contributed by atoms with Crippen molar-refractivity contribution in [1.29, 1.82) is 0 Å². The summed E-state index contributed by atoms with van der Waals surface area (Å²) in [7, 11) is 0. The Morgan fingerprint density at radius 1 is 0.953 bits per heavy atom. The molecule has 2 saturated carbocycles. The van der Waals surface area contributed by atoms with Crippen molar-refractivity contribution >= 4 is 11.5 Å². The van der Waals surface area contributed by atoms with Crippen LogP contribution in [0.1, 0.15) is 153 Å². The van der Waals surface area contributed by atoms with Gasteiger partial charge in [-0.15, -0.1) is 0 Å². The maximum Gasteiger partial charge on any atom is 0.136 e. The van der Waals surface area contributed by atoms with Crippen molar-refractivity contribution < 1.29 is 4.79 Å². The first kappa shape index (κ1) is 32.2. The zero-order valence-corrected chi connectivity index (χ0v) is 27.7. The first-order valence-electron chi connectivity index (χ1n) is 18.2. The van der Waals surface area contributed by atoms with Crippen LogP contribution in [0.5, 0.6) is 0 Å². The summed E-state index contributed by atoms with van der Waals surface area (Å²) in [4.78, 5) is 18.4. The molecule has 0 radical (unpaired) electrons. The molecule has 2 fully saturated rings. The minimum Gasteiger partial charge on any atom is -0.299 e. The summed E-state index contributed by atoms with van der Waals surface area (Å²) >= 11 is 0. The summed E-state index contributed by atoms with van der Waals surface area (Å²) < 4.78 is 0. The number of hydrogen-bond acceptors (Lipinski definition) is 2. The third-order valence-corrected chi connectivity index (χ3v) is 11.1. The number of fused-ring (bicyclic) bond motifs is 1. The van der Waals surface area contributed by atoms with Crippen LogP contribution in [0, 0.1) is 23.7 Å². The molecule has 0 spiro atoms. The molecule has 2 nitrogen and oxygen atoms in total. The Balaban J connectivity index is 1.04. The lowest BCUT2D eigenvalue weighted by molar-refractivity contribution is -0.123. The molecule has 0 N–H and O–H groups in total. The number of carbonyl (C=O) groups excluding carboxylic acids is 1. The summed E-state index contributed by atoms with van der Waals surface area (Å²) in [5.74, 6) is 3.75. The maximum absolute atomic E-state index is 13.4. The molecule has 234 valence electrons. The number of ketones is 1. The van der Waals surface area contributed by atoms with Gasteiger partial charge in [-0.05, 0) is 123 Å². The fourth-order valence-corrected chi connectivity index (χ4v) is 8.44. The second kappa shape index (κ2) is 16.2. The van der Waals surface area contributed by atoms with Crippen LogP contribution in [-0.2, 0) is 11.2 Å². The SMILES string of the molecule is CC1=C2CCCC=C2C(CC2CCCC(CCCC(=O)C(CCCc3ccccc3C(C)C)C3CC3)CCC2)=N/C=C/C1. The zero-order valence-electron chi connectivity index (χ0n) is 27.7. The highest BCUT2D eigenvalue weighted by atomic mass is 16.1. The van der Waals surface area contributed by atoms with Crippen molar-refractivity contribution in [1.82, 2.24) is 0 Å². The van der Waals surface area contributed by atoms with Gasteiger partial charge in [-0.2, -0.15) is 0 Å². The van der Waals surface area contributed by atoms with Crippen LogP contribution < -0.4 is 0 Å². The molecule has 1 aliphatic heterocycles. The van der Waals surface area contributed by atoms with Gasteiger partial charge >= 0.3 is 0 Å². The normalized spacial score (nSPS) is 24.7. The van der Waals surface area contributed by atoms with Crippen LogP contribution in [0.15, 0.2) is 64.3 Å². The van der Waals surface area contributed by atoms with E-state index in [1.165, 1.54) is 99.5 Å². The number of Topliss-reactive ketones (excluding diaryl/α,β-unsaturated/α-hetero) is 1. The van der Waals surface area contributed by atoms with Crippen LogP contribution in [0.2, 0.25) is 0 Å². The minimum absolute atomic E-state index is 0.328. The number of rotatable bonds is 13. The Morgan fingerprint density at radius 2 is 1.72 bits per heavy atom. The summed E-state index contributed by atoms with van der Waals surface area (Å²) in [5.41, 5.74) is 8.96. The van der Waals surface area contributed by atoms with Gasteiger partial charge < -0.3 is 0 Å². The maximum atomic E-state index is 13.4. The molecule has 2 heteroatoms. The Bertz CT molecular complexity index is 1180. The van der Waals surface area contributed by atoms with Crippen molar-refractivity contribution in [3.63, 3.8) is 0 Å². The Kier molecular flexibility index (Phi) is 12.1. The monoisotopic (exact) mass is 581 g/mol. The summed E-state index contributed by atoms with van der Waals surface area (Å²) in [6.07, 6.45) is 29.9. The number of benzene rings is 1. The lowest BCUT2D eigenvalue weighted by atomic mass is 9.78. The highest BCUT2D eigenvalue weighted by Gasteiger charge is 2.35. The predicted octanol–water partition coefficient (Wildman–Crippen LogP) is 11.7. The number of aryl methyl sites for hydroxylation is 1. The summed E-state index contributed by atoms with van der Waals surface area (Å²) in [5, 5.41) is 0. The fraction of sp³-hybridized carbons (Fsp3) is 0.659. The van der Waals surface area contributed by atoms with Crippen LogP contribution in [0.3, 0.4) is 0 Å². The Morgan fingerprint density at radius 3 is 2.49 bits per heavy atom. The number of hydrogen-bond donors (Lipinski definition) is 0. The molecule has 4 aliphatic rings. The molecule has 1 atom stereocenters. The van der Waals surface area contributed by atoms with Crippen molar-refractivity contribution in [2.75, 3.05) is 0 Å². The predicted molar refractivity (Wildman–Crippen MR) is 184 cm³/mol. The highest BCUT2D eigenvalue weighted by Crippen LogP contribution is 2.41. The van der Waals surface area contributed by atoms with E-state index in [0.29, 0.717) is 23.5 Å². The fourth-order valence-electron chi connectivity index (χ4n) is 8.44. The molecule has 1 aromatic rings. The van der Waals surface area contributed by atoms with Crippen molar-refractivity contribution in [3.8, 4) is 0 Å². The van der Waals surface area contributed by atoms with Gasteiger partial charge in [0.1, 0.15) is 5.78 Å². The highest BCUT2D eigenvalue weighted by molar-refractivity contribution is 6.04. The van der Waals surface area contributed by atoms with E-state index in [9.17, 15) is 4.79 Å². The molecule has 1 unspecified atom stereocenters. The molecule has 1 heterocycles. The Hall–Kier alpha value is -2.22. The summed E-state index contributed by atoms with van der Waals surface area (Å²) in [6, 6.07) is 8.92. The first-order chi connectivity index (χ1) is 21.0. The topological polar surface area (TPSA) is 29.4 Å². The van der Waals surface area contributed by atoms with Gasteiger partial charge in [0.15, 0.2) is 0 Å². The number of carbonyl (C=O) groups is 1. The largest absolute Gasteiger partial charge is 0.299 e. The van der Waals surface area contributed by atoms with Crippen molar-refractivity contribution in [3.05, 3.63) is 70.5 Å². The van der Waals surface area contributed by atoms with Crippen molar-refractivity contribution in [2.24, 2.45) is 28.7 Å². The average molecular weight is 582 g/mol. The van der Waals surface area contributed by atoms with E-state index in [1.54, 1.807) is 11.1 Å². The molecule has 0 saturated heterocycles. The molecular weight excluding hydrogens is 522 g/mol. The van der Waals surface area contributed by atoms with Crippen LogP contribution in [0.4, 0.5) is 0 Å². The van der Waals surface area contributed by atoms with E-state index in [-0.39, 0.29) is 0 Å². The third-order valence-electron chi connectivity index (χ3n) is 11.1. The van der Waals surface area contributed by atoms with E-state index < -0.39 is 0 Å². The van der Waals surface area contributed by atoms with Gasteiger partial charge in [-0.1, -0.05) is 101 Å². The molecule has 3 aliphatic carbocycles. The molecule has 43 heavy (non-hydrogen) atoms. The van der Waals surface area contributed by atoms with E-state index in [0.717, 1.165) is 56.8 Å². The van der Waals surface area contributed by atoms with Crippen LogP contribution in [-0.4, -0.2) is 11.5 Å². The number of aliphatic imine (C=N–C) groups is 1. The lowest BCUT2D eigenvalue weighted by Gasteiger charge is -2.27. The van der Waals surface area contributed by atoms with Gasteiger partial charge in [-0.25, -0.2) is 0 Å². The first-order valence-corrected chi connectivity index (χ1v) is 18.2. The second-order valence-corrected chi connectivity index (χ2v) is 14.8. The molecular formula is C41H59NO. The lowest BCUT2D eigenvalue weighted by Crippen LogP contribution is -2.18.